The molecule has 0 radical (unpaired) electrons. The zero-order valence-electron chi connectivity index (χ0n) is 14.6. The molecule has 1 aromatic heterocycles. The molecule has 2 aromatic rings. The number of carbonyl (C=O) groups is 1. The van der Waals surface area contributed by atoms with Crippen molar-refractivity contribution >= 4 is 34.4 Å². The Morgan fingerprint density at radius 3 is 2.71 bits per heavy atom. The van der Waals surface area contributed by atoms with Crippen molar-refractivity contribution in [2.24, 2.45) is 0 Å². The molecule has 24 heavy (non-hydrogen) atoms. The van der Waals surface area contributed by atoms with Crippen LogP contribution < -0.4 is 10.2 Å². The fraction of sp³-hybridized carbons (Fsp3) is 0.474. The van der Waals surface area contributed by atoms with Gasteiger partial charge in [-0.25, -0.2) is 4.98 Å². The summed E-state index contributed by atoms with van der Waals surface area (Å²) in [7, 11) is 0. The first-order valence-electron chi connectivity index (χ1n) is 8.48. The second-order valence-corrected chi connectivity index (χ2v) is 8.41. The van der Waals surface area contributed by atoms with Crippen LogP contribution >= 0.6 is 11.8 Å². The molecular weight excluding hydrogens is 318 g/mol. The van der Waals surface area contributed by atoms with Gasteiger partial charge < -0.3 is 10.2 Å². The number of pyridine rings is 1. The first-order valence-corrected chi connectivity index (χ1v) is 9.71. The third-order valence-electron chi connectivity index (χ3n) is 4.58. The number of carbonyl (C=O) groups excluding carboxylic acids is 1. The van der Waals surface area contributed by atoms with Crippen LogP contribution in [0.1, 0.15) is 37.0 Å². The van der Waals surface area contributed by atoms with Crippen LogP contribution in [0.4, 0.5) is 5.82 Å². The molecule has 0 bridgehead atoms. The monoisotopic (exact) mass is 343 g/mol. The van der Waals surface area contributed by atoms with E-state index in [4.69, 9.17) is 4.98 Å². The summed E-state index contributed by atoms with van der Waals surface area (Å²) in [6.07, 6.45) is 4.39. The van der Waals surface area contributed by atoms with E-state index in [2.05, 4.69) is 30.3 Å². The van der Waals surface area contributed by atoms with Crippen LogP contribution in [0.5, 0.6) is 0 Å². The predicted octanol–water partition coefficient (Wildman–Crippen LogP) is 3.71. The molecule has 0 spiro atoms. The molecule has 0 aliphatic carbocycles. The molecule has 3 rings (SSSR count). The number of nitrogens with zero attached hydrogens (tertiary/aromatic N) is 2. The van der Waals surface area contributed by atoms with Crippen molar-refractivity contribution in [3.63, 3.8) is 0 Å². The van der Waals surface area contributed by atoms with E-state index in [1.807, 2.05) is 30.3 Å². The highest BCUT2D eigenvalue weighted by Crippen LogP contribution is 2.27. The molecule has 0 saturated carbocycles. The van der Waals surface area contributed by atoms with Gasteiger partial charge in [0.05, 0.1) is 11.1 Å². The zero-order valence-corrected chi connectivity index (χ0v) is 15.4. The second-order valence-electron chi connectivity index (χ2n) is 6.89. The van der Waals surface area contributed by atoms with Gasteiger partial charge in [-0.05, 0) is 45.1 Å². The first-order chi connectivity index (χ1) is 11.5. The van der Waals surface area contributed by atoms with Crippen LogP contribution in [0, 0.1) is 0 Å². The lowest BCUT2D eigenvalue weighted by Crippen LogP contribution is -2.37. The van der Waals surface area contributed by atoms with Crippen molar-refractivity contribution in [1.29, 1.82) is 0 Å². The van der Waals surface area contributed by atoms with Gasteiger partial charge in [-0.3, -0.25) is 4.79 Å². The maximum atomic E-state index is 12.8. The number of nitrogens with one attached hydrogen (secondary N) is 1. The summed E-state index contributed by atoms with van der Waals surface area (Å²) in [5.41, 5.74) is 1.63. The molecule has 0 atom stereocenters. The van der Waals surface area contributed by atoms with Crippen molar-refractivity contribution in [3.8, 4) is 0 Å². The maximum Gasteiger partial charge on any atom is 0.255 e. The van der Waals surface area contributed by atoms with Gasteiger partial charge in [-0.1, -0.05) is 18.2 Å². The van der Waals surface area contributed by atoms with Gasteiger partial charge in [0, 0.05) is 29.8 Å². The standard InChI is InChI=1S/C19H25N3OS/c1-19(2,24-3)13-20-18(23)15-12-14-8-4-5-9-16(14)21-17(15)22-10-6-7-11-22/h4-5,8-9,12H,6-7,10-11,13H2,1-3H3,(H,20,23). The predicted molar refractivity (Wildman–Crippen MR) is 103 cm³/mol. The Morgan fingerprint density at radius 2 is 2.00 bits per heavy atom. The van der Waals surface area contributed by atoms with Crippen LogP contribution in [0.15, 0.2) is 30.3 Å². The van der Waals surface area contributed by atoms with E-state index in [1.165, 1.54) is 0 Å². The van der Waals surface area contributed by atoms with Gasteiger partial charge in [-0.15, -0.1) is 0 Å². The Bertz CT molecular complexity index is 738. The Kier molecular flexibility index (Phi) is 4.99. The molecule has 1 amide bonds. The molecule has 1 fully saturated rings. The summed E-state index contributed by atoms with van der Waals surface area (Å²) in [6, 6.07) is 9.98. The van der Waals surface area contributed by atoms with Gasteiger partial charge >= 0.3 is 0 Å². The Labute approximate surface area is 148 Å². The van der Waals surface area contributed by atoms with E-state index in [-0.39, 0.29) is 10.7 Å². The quantitative estimate of drug-likeness (QED) is 0.899. The summed E-state index contributed by atoms with van der Waals surface area (Å²) in [4.78, 5) is 19.9. The van der Waals surface area contributed by atoms with Crippen molar-refractivity contribution in [3.05, 3.63) is 35.9 Å². The van der Waals surface area contributed by atoms with E-state index in [0.29, 0.717) is 12.1 Å². The summed E-state index contributed by atoms with van der Waals surface area (Å²) in [5.74, 6) is 0.794. The fourth-order valence-corrected chi connectivity index (χ4v) is 3.12. The molecule has 128 valence electrons. The number of rotatable bonds is 5. The van der Waals surface area contributed by atoms with Gasteiger partial charge in [0.15, 0.2) is 0 Å². The average molecular weight is 343 g/mol. The number of fused-ring (bicyclic) bond motifs is 1. The Hall–Kier alpha value is -1.75. The minimum atomic E-state index is -0.0303. The van der Waals surface area contributed by atoms with Crippen LogP contribution in [0.25, 0.3) is 10.9 Å². The molecule has 4 nitrogen and oxygen atoms in total. The molecule has 1 aliphatic rings. The van der Waals surface area contributed by atoms with Gasteiger partial charge in [0.25, 0.3) is 5.91 Å². The van der Waals surface area contributed by atoms with E-state index in [0.717, 1.165) is 42.7 Å². The summed E-state index contributed by atoms with van der Waals surface area (Å²) < 4.78 is 0.0216. The van der Waals surface area contributed by atoms with E-state index >= 15 is 0 Å². The number of hydrogen-bond donors (Lipinski definition) is 1. The number of thioether (sulfide) groups is 1. The molecule has 0 unspecified atom stereocenters. The van der Waals surface area contributed by atoms with E-state index in [9.17, 15) is 4.79 Å². The van der Waals surface area contributed by atoms with Gasteiger partial charge in [0.1, 0.15) is 5.82 Å². The highest BCUT2D eigenvalue weighted by Gasteiger charge is 2.23. The zero-order chi connectivity index (χ0) is 17.2. The van der Waals surface area contributed by atoms with Crippen molar-refractivity contribution < 1.29 is 4.79 Å². The van der Waals surface area contributed by atoms with Crippen LogP contribution in [-0.4, -0.2) is 41.5 Å². The van der Waals surface area contributed by atoms with Crippen molar-refractivity contribution in [2.75, 3.05) is 30.8 Å². The molecule has 1 saturated heterocycles. The lowest BCUT2D eigenvalue weighted by atomic mass is 10.1. The minimum Gasteiger partial charge on any atom is -0.356 e. The third kappa shape index (κ3) is 3.66. The minimum absolute atomic E-state index is 0.0216. The molecule has 1 N–H and O–H groups in total. The van der Waals surface area contributed by atoms with E-state index < -0.39 is 0 Å². The van der Waals surface area contributed by atoms with Gasteiger partial charge in [0.2, 0.25) is 0 Å². The highest BCUT2D eigenvalue weighted by molar-refractivity contribution is 7.99. The van der Waals surface area contributed by atoms with Crippen LogP contribution in [-0.2, 0) is 0 Å². The molecule has 1 aromatic carbocycles. The number of hydrogen-bond acceptors (Lipinski definition) is 4. The highest BCUT2D eigenvalue weighted by atomic mass is 32.2. The third-order valence-corrected chi connectivity index (χ3v) is 5.83. The maximum absolute atomic E-state index is 12.8. The number of amides is 1. The van der Waals surface area contributed by atoms with Crippen LogP contribution in [0.2, 0.25) is 0 Å². The number of aromatic nitrogens is 1. The first kappa shape index (κ1) is 17.1. The number of anilines is 1. The normalized spacial score (nSPS) is 15.0. The SMILES string of the molecule is CSC(C)(C)CNC(=O)c1cc2ccccc2nc1N1CCCC1. The smallest absolute Gasteiger partial charge is 0.255 e. The molecular formula is C19H25N3OS. The van der Waals surface area contributed by atoms with E-state index in [1.54, 1.807) is 11.8 Å². The average Bonchev–Trinajstić information content (AvgIpc) is 3.13. The lowest BCUT2D eigenvalue weighted by molar-refractivity contribution is 0.0951. The topological polar surface area (TPSA) is 45.2 Å². The second kappa shape index (κ2) is 7.01. The van der Waals surface area contributed by atoms with Crippen molar-refractivity contribution in [1.82, 2.24) is 10.3 Å². The number of para-hydroxylation sites is 1. The molecule has 2 heterocycles. The van der Waals surface area contributed by atoms with Gasteiger partial charge in [-0.2, -0.15) is 11.8 Å². The molecule has 1 aliphatic heterocycles. The number of benzene rings is 1. The summed E-state index contributed by atoms with van der Waals surface area (Å²) in [5, 5.41) is 4.10. The largest absolute Gasteiger partial charge is 0.356 e. The Morgan fingerprint density at radius 1 is 1.29 bits per heavy atom. The van der Waals surface area contributed by atoms with Crippen LogP contribution in [0.3, 0.4) is 0 Å². The lowest BCUT2D eigenvalue weighted by Gasteiger charge is -2.24. The summed E-state index contributed by atoms with van der Waals surface area (Å²) >= 11 is 1.76. The molecule has 5 heteroatoms. The Balaban J connectivity index is 1.94. The summed E-state index contributed by atoms with van der Waals surface area (Å²) in [6.45, 7) is 6.86. The van der Waals surface area contributed by atoms with Crippen molar-refractivity contribution in [2.45, 2.75) is 31.4 Å². The fourth-order valence-electron chi connectivity index (χ4n) is 2.90.